The lowest BCUT2D eigenvalue weighted by Gasteiger charge is -2.50. The number of hydrogen-bond acceptors (Lipinski definition) is 3. The van der Waals surface area contributed by atoms with Gasteiger partial charge in [0.05, 0.1) is 12.7 Å². The normalized spacial score (nSPS) is 26.9. The van der Waals surface area contributed by atoms with E-state index in [0.29, 0.717) is 13.0 Å². The van der Waals surface area contributed by atoms with Crippen molar-refractivity contribution in [1.82, 2.24) is 4.90 Å². The first-order valence-corrected chi connectivity index (χ1v) is 9.24. The Morgan fingerprint density at radius 2 is 2.21 bits per heavy atom. The number of amides is 1. The quantitative estimate of drug-likeness (QED) is 0.804. The van der Waals surface area contributed by atoms with Crippen LogP contribution in [0.1, 0.15) is 38.2 Å². The fraction of sp³-hybridized carbons (Fsp3) is 0.650. The van der Waals surface area contributed by atoms with Crippen LogP contribution in [0.5, 0.6) is 0 Å². The molecule has 2 aliphatic heterocycles. The van der Waals surface area contributed by atoms with Crippen molar-refractivity contribution < 1.29 is 14.3 Å². The smallest absolute Gasteiger partial charge is 0.222 e. The molecular formula is C20H29NO3. The second-order valence-electron chi connectivity index (χ2n) is 7.05. The topological polar surface area (TPSA) is 38.8 Å². The van der Waals surface area contributed by atoms with Crippen molar-refractivity contribution in [2.24, 2.45) is 5.41 Å². The van der Waals surface area contributed by atoms with Gasteiger partial charge >= 0.3 is 0 Å². The first-order chi connectivity index (χ1) is 11.7. The number of piperidine rings is 1. The Balaban J connectivity index is 1.60. The molecule has 0 radical (unpaired) electrons. The number of rotatable bonds is 6. The van der Waals surface area contributed by atoms with E-state index in [9.17, 15) is 4.79 Å². The summed E-state index contributed by atoms with van der Waals surface area (Å²) in [6, 6.07) is 10.2. The molecule has 0 N–H and O–H groups in total. The van der Waals surface area contributed by atoms with Gasteiger partial charge in [-0.2, -0.15) is 0 Å². The Morgan fingerprint density at radius 1 is 1.38 bits per heavy atom. The molecule has 3 rings (SSSR count). The Bertz CT molecular complexity index is 533. The Hall–Kier alpha value is -1.39. The molecule has 24 heavy (non-hydrogen) atoms. The number of fused-ring (bicyclic) bond motifs is 1. The summed E-state index contributed by atoms with van der Waals surface area (Å²) >= 11 is 0. The van der Waals surface area contributed by atoms with Gasteiger partial charge in [-0.05, 0) is 38.2 Å². The number of hydrogen-bond donors (Lipinski definition) is 0. The van der Waals surface area contributed by atoms with E-state index in [4.69, 9.17) is 9.47 Å². The molecule has 1 amide bonds. The van der Waals surface area contributed by atoms with E-state index in [1.54, 1.807) is 0 Å². The number of carbonyl (C=O) groups is 1. The first-order valence-electron chi connectivity index (χ1n) is 9.24. The predicted octanol–water partition coefficient (Wildman–Crippen LogP) is 3.05. The Labute approximate surface area is 145 Å². The fourth-order valence-corrected chi connectivity index (χ4v) is 4.07. The van der Waals surface area contributed by atoms with Gasteiger partial charge in [-0.1, -0.05) is 30.3 Å². The molecule has 0 bridgehead atoms. The van der Waals surface area contributed by atoms with Crippen LogP contribution < -0.4 is 0 Å². The maximum atomic E-state index is 12.7. The largest absolute Gasteiger partial charge is 0.381 e. The zero-order valence-corrected chi connectivity index (χ0v) is 14.7. The van der Waals surface area contributed by atoms with Crippen molar-refractivity contribution in [2.75, 3.05) is 32.9 Å². The summed E-state index contributed by atoms with van der Waals surface area (Å²) in [4.78, 5) is 14.8. The lowest BCUT2D eigenvalue weighted by atomic mass is 9.73. The first kappa shape index (κ1) is 17.4. The van der Waals surface area contributed by atoms with Crippen molar-refractivity contribution >= 4 is 5.91 Å². The maximum absolute atomic E-state index is 12.7. The van der Waals surface area contributed by atoms with Crippen LogP contribution in [0.4, 0.5) is 0 Å². The van der Waals surface area contributed by atoms with Gasteiger partial charge in [-0.3, -0.25) is 4.79 Å². The van der Waals surface area contributed by atoms with Gasteiger partial charge in [0, 0.05) is 38.1 Å². The summed E-state index contributed by atoms with van der Waals surface area (Å²) in [5.41, 5.74) is 1.22. The highest BCUT2D eigenvalue weighted by atomic mass is 16.5. The zero-order chi connectivity index (χ0) is 16.8. The van der Waals surface area contributed by atoms with E-state index in [2.05, 4.69) is 12.1 Å². The molecular weight excluding hydrogens is 302 g/mol. The van der Waals surface area contributed by atoms with Crippen molar-refractivity contribution in [3.63, 3.8) is 0 Å². The maximum Gasteiger partial charge on any atom is 0.222 e. The molecule has 0 saturated carbocycles. The highest BCUT2D eigenvalue weighted by molar-refractivity contribution is 5.76. The molecule has 2 saturated heterocycles. The molecule has 0 aliphatic carbocycles. The predicted molar refractivity (Wildman–Crippen MR) is 93.9 cm³/mol. The van der Waals surface area contributed by atoms with Crippen LogP contribution in [-0.2, 0) is 20.7 Å². The van der Waals surface area contributed by atoms with E-state index >= 15 is 0 Å². The van der Waals surface area contributed by atoms with Gasteiger partial charge in [0.1, 0.15) is 0 Å². The van der Waals surface area contributed by atoms with E-state index in [1.165, 1.54) is 5.56 Å². The second kappa shape index (κ2) is 8.13. The number of nitrogens with zero attached hydrogens (tertiary/aromatic N) is 1. The number of carbonyl (C=O) groups excluding carboxylic acids is 1. The van der Waals surface area contributed by atoms with Crippen molar-refractivity contribution in [1.29, 1.82) is 0 Å². The summed E-state index contributed by atoms with van der Waals surface area (Å²) in [6.07, 6.45) is 4.74. The summed E-state index contributed by atoms with van der Waals surface area (Å²) in [5, 5.41) is 0. The molecule has 0 unspecified atom stereocenters. The van der Waals surface area contributed by atoms with Crippen LogP contribution in [0.15, 0.2) is 30.3 Å². The molecule has 0 spiro atoms. The lowest BCUT2D eigenvalue weighted by Crippen LogP contribution is -2.58. The van der Waals surface area contributed by atoms with E-state index in [1.807, 2.05) is 30.0 Å². The molecule has 4 heteroatoms. The van der Waals surface area contributed by atoms with Gasteiger partial charge in [0.15, 0.2) is 0 Å². The molecule has 132 valence electrons. The summed E-state index contributed by atoms with van der Waals surface area (Å²) < 4.78 is 11.8. The average molecular weight is 331 g/mol. The molecule has 0 aromatic heterocycles. The average Bonchev–Trinajstić information content (AvgIpc) is 2.65. The third-order valence-corrected chi connectivity index (χ3v) is 5.40. The number of likely N-dealkylation sites (tertiary alicyclic amines) is 1. The highest BCUT2D eigenvalue weighted by Crippen LogP contribution is 2.40. The molecule has 1 aromatic rings. The fourth-order valence-electron chi connectivity index (χ4n) is 4.07. The SMILES string of the molecule is CCOC[C@@]12CCCO[C@@H]1CCN(C(=O)CCc1ccccc1)C2. The van der Waals surface area contributed by atoms with Crippen LogP contribution in [0.25, 0.3) is 0 Å². The van der Waals surface area contributed by atoms with Gasteiger partial charge in [-0.25, -0.2) is 0 Å². The van der Waals surface area contributed by atoms with Crippen LogP contribution in [0, 0.1) is 5.41 Å². The van der Waals surface area contributed by atoms with Crippen molar-refractivity contribution in [3.8, 4) is 0 Å². The van der Waals surface area contributed by atoms with E-state index in [0.717, 1.165) is 52.0 Å². The van der Waals surface area contributed by atoms with Crippen LogP contribution in [0.3, 0.4) is 0 Å². The van der Waals surface area contributed by atoms with Gasteiger partial charge in [-0.15, -0.1) is 0 Å². The molecule has 2 aliphatic rings. The minimum absolute atomic E-state index is 0.00504. The van der Waals surface area contributed by atoms with Gasteiger partial charge in [0.2, 0.25) is 5.91 Å². The molecule has 2 fully saturated rings. The van der Waals surface area contributed by atoms with Crippen LogP contribution in [0.2, 0.25) is 0 Å². The zero-order valence-electron chi connectivity index (χ0n) is 14.7. The van der Waals surface area contributed by atoms with Crippen molar-refractivity contribution in [2.45, 2.75) is 45.1 Å². The van der Waals surface area contributed by atoms with Crippen LogP contribution in [-0.4, -0.2) is 49.8 Å². The number of benzene rings is 1. The molecule has 2 atom stereocenters. The second-order valence-corrected chi connectivity index (χ2v) is 7.05. The Kier molecular flexibility index (Phi) is 5.90. The lowest BCUT2D eigenvalue weighted by molar-refractivity contribution is -0.164. The monoisotopic (exact) mass is 331 g/mol. The summed E-state index contributed by atoms with van der Waals surface area (Å²) in [6.45, 7) is 5.89. The number of aryl methyl sites for hydroxylation is 1. The number of ether oxygens (including phenoxy) is 2. The van der Waals surface area contributed by atoms with Crippen LogP contribution >= 0.6 is 0 Å². The third kappa shape index (κ3) is 3.98. The summed E-state index contributed by atoms with van der Waals surface area (Å²) in [7, 11) is 0. The van der Waals surface area contributed by atoms with E-state index < -0.39 is 0 Å². The molecule has 2 heterocycles. The molecule has 1 aromatic carbocycles. The standard InChI is InChI=1S/C20H29NO3/c1-2-23-16-20-12-6-14-24-18(20)11-13-21(15-20)19(22)10-9-17-7-4-3-5-8-17/h3-5,7-8,18H,2,6,9-16H2,1H3/t18-,20+/m1/s1. The minimum Gasteiger partial charge on any atom is -0.381 e. The molecule has 4 nitrogen and oxygen atoms in total. The van der Waals surface area contributed by atoms with E-state index in [-0.39, 0.29) is 17.4 Å². The highest BCUT2D eigenvalue weighted by Gasteiger charge is 2.46. The van der Waals surface area contributed by atoms with Gasteiger partial charge < -0.3 is 14.4 Å². The summed E-state index contributed by atoms with van der Waals surface area (Å²) in [5.74, 6) is 0.263. The Morgan fingerprint density at radius 3 is 3.00 bits per heavy atom. The van der Waals surface area contributed by atoms with Crippen molar-refractivity contribution in [3.05, 3.63) is 35.9 Å². The third-order valence-electron chi connectivity index (χ3n) is 5.40. The minimum atomic E-state index is -0.00504. The van der Waals surface area contributed by atoms with Gasteiger partial charge in [0.25, 0.3) is 0 Å².